The van der Waals surface area contributed by atoms with Crippen molar-refractivity contribution in [1.29, 1.82) is 0 Å². The maximum Gasteiger partial charge on any atom is 0.279 e. The smallest absolute Gasteiger partial charge is 0.279 e. The summed E-state index contributed by atoms with van der Waals surface area (Å²) in [6.07, 6.45) is 6.00. The number of ether oxygens (including phenoxy) is 1. The first kappa shape index (κ1) is 16.4. The van der Waals surface area contributed by atoms with Crippen LogP contribution in [-0.2, 0) is 21.4 Å². The first-order chi connectivity index (χ1) is 10.1. The average molecular weight is 313 g/mol. The summed E-state index contributed by atoms with van der Waals surface area (Å²) in [6.45, 7) is 2.14. The van der Waals surface area contributed by atoms with Crippen LogP contribution in [0.15, 0.2) is 24.5 Å². The molecule has 0 aromatic carbocycles. The van der Waals surface area contributed by atoms with Gasteiger partial charge in [0.05, 0.1) is 6.61 Å². The number of rotatable bonds is 7. The molecule has 1 aromatic rings. The normalized spacial score (nSPS) is 20.5. The molecule has 0 amide bonds. The lowest BCUT2D eigenvalue weighted by Crippen LogP contribution is -2.47. The molecule has 1 saturated heterocycles. The van der Waals surface area contributed by atoms with E-state index in [1.54, 1.807) is 19.5 Å². The summed E-state index contributed by atoms with van der Waals surface area (Å²) >= 11 is 0. The van der Waals surface area contributed by atoms with Crippen LogP contribution in [-0.4, -0.2) is 51.1 Å². The van der Waals surface area contributed by atoms with Crippen molar-refractivity contribution in [3.05, 3.63) is 30.1 Å². The van der Waals surface area contributed by atoms with Crippen molar-refractivity contribution in [1.82, 2.24) is 14.0 Å². The highest BCUT2D eigenvalue weighted by molar-refractivity contribution is 7.87. The molecule has 2 rings (SSSR count). The van der Waals surface area contributed by atoms with E-state index >= 15 is 0 Å². The molecular formula is C14H23N3O3S. The van der Waals surface area contributed by atoms with Gasteiger partial charge < -0.3 is 4.74 Å². The minimum Gasteiger partial charge on any atom is -0.384 e. The molecule has 1 aliphatic rings. The van der Waals surface area contributed by atoms with Crippen LogP contribution in [0.25, 0.3) is 0 Å². The Morgan fingerprint density at radius 1 is 1.43 bits per heavy atom. The summed E-state index contributed by atoms with van der Waals surface area (Å²) in [5.41, 5.74) is 1.07. The molecule has 118 valence electrons. The Morgan fingerprint density at radius 3 is 2.90 bits per heavy atom. The molecule has 21 heavy (non-hydrogen) atoms. The number of methoxy groups -OCH3 is 1. The summed E-state index contributed by atoms with van der Waals surface area (Å²) in [6, 6.07) is 3.79. The van der Waals surface area contributed by atoms with Crippen LogP contribution in [0.3, 0.4) is 0 Å². The summed E-state index contributed by atoms with van der Waals surface area (Å²) in [4.78, 5) is 3.94. The van der Waals surface area contributed by atoms with Gasteiger partial charge in [-0.2, -0.15) is 12.7 Å². The second-order valence-corrected chi connectivity index (χ2v) is 7.08. The molecule has 1 fully saturated rings. The first-order valence-electron chi connectivity index (χ1n) is 7.24. The third-order valence-electron chi connectivity index (χ3n) is 3.67. The molecule has 6 nitrogen and oxygen atoms in total. The van der Waals surface area contributed by atoms with Gasteiger partial charge >= 0.3 is 0 Å². The zero-order valence-corrected chi connectivity index (χ0v) is 13.2. The average Bonchev–Trinajstić information content (AvgIpc) is 2.49. The highest BCUT2D eigenvalue weighted by atomic mass is 32.2. The second kappa shape index (κ2) is 7.84. The molecule has 0 bridgehead atoms. The topological polar surface area (TPSA) is 71.5 Å². The third-order valence-corrected chi connectivity index (χ3v) is 5.25. The van der Waals surface area contributed by atoms with E-state index in [2.05, 4.69) is 9.71 Å². The monoisotopic (exact) mass is 313 g/mol. The predicted octanol–water partition coefficient (Wildman–Crippen LogP) is 0.817. The van der Waals surface area contributed by atoms with E-state index in [4.69, 9.17) is 4.74 Å². The van der Waals surface area contributed by atoms with Gasteiger partial charge in [0.1, 0.15) is 0 Å². The maximum atomic E-state index is 12.3. The van der Waals surface area contributed by atoms with Crippen molar-refractivity contribution >= 4 is 10.2 Å². The first-order valence-corrected chi connectivity index (χ1v) is 8.68. The van der Waals surface area contributed by atoms with Crippen molar-refractivity contribution in [2.75, 3.05) is 33.4 Å². The molecule has 1 N–H and O–H groups in total. The molecule has 0 unspecified atom stereocenters. The number of aromatic nitrogens is 1. The summed E-state index contributed by atoms with van der Waals surface area (Å²) < 4.78 is 33.9. The highest BCUT2D eigenvalue weighted by Gasteiger charge is 2.28. The van der Waals surface area contributed by atoms with E-state index in [0.29, 0.717) is 38.6 Å². The molecule has 0 spiro atoms. The van der Waals surface area contributed by atoms with Crippen molar-refractivity contribution < 1.29 is 13.2 Å². The van der Waals surface area contributed by atoms with Gasteiger partial charge in [-0.15, -0.1) is 0 Å². The van der Waals surface area contributed by atoms with Crippen LogP contribution in [0.5, 0.6) is 0 Å². The standard InChI is InChI=1S/C14H23N3O3S/c1-20-12-14-3-2-10-17(11-14)21(18,19)16-9-6-13-4-7-15-8-5-13/h4-5,7-8,14,16H,2-3,6,9-12H2,1H3/t14-/m0/s1. The van der Waals surface area contributed by atoms with Gasteiger partial charge in [0.15, 0.2) is 0 Å². The quantitative estimate of drug-likeness (QED) is 0.809. The van der Waals surface area contributed by atoms with Crippen LogP contribution >= 0.6 is 0 Å². The number of pyridine rings is 1. The molecule has 0 aliphatic carbocycles. The lowest BCUT2D eigenvalue weighted by Gasteiger charge is -2.31. The third kappa shape index (κ3) is 5.03. The second-order valence-electron chi connectivity index (χ2n) is 5.33. The van der Waals surface area contributed by atoms with E-state index in [9.17, 15) is 8.42 Å². The van der Waals surface area contributed by atoms with Crippen LogP contribution in [0.4, 0.5) is 0 Å². The van der Waals surface area contributed by atoms with E-state index in [-0.39, 0.29) is 0 Å². The van der Waals surface area contributed by atoms with Crippen molar-refractivity contribution in [2.24, 2.45) is 5.92 Å². The Hall–Kier alpha value is -1.02. The Morgan fingerprint density at radius 2 is 2.19 bits per heavy atom. The molecule has 1 aromatic heterocycles. The Bertz CT molecular complexity index is 520. The van der Waals surface area contributed by atoms with Gasteiger partial charge in [0, 0.05) is 39.1 Å². The number of nitrogens with one attached hydrogen (secondary N) is 1. The SMILES string of the molecule is COC[C@H]1CCCN(S(=O)(=O)NCCc2ccncc2)C1. The zero-order valence-electron chi connectivity index (χ0n) is 12.4. The van der Waals surface area contributed by atoms with E-state index in [0.717, 1.165) is 18.4 Å². The minimum atomic E-state index is -3.39. The molecule has 1 aliphatic heterocycles. The molecule has 0 saturated carbocycles. The van der Waals surface area contributed by atoms with Gasteiger partial charge in [-0.3, -0.25) is 4.98 Å². The van der Waals surface area contributed by atoms with Crippen molar-refractivity contribution in [2.45, 2.75) is 19.3 Å². The van der Waals surface area contributed by atoms with Crippen LogP contribution in [0.2, 0.25) is 0 Å². The number of hydrogen-bond donors (Lipinski definition) is 1. The van der Waals surface area contributed by atoms with E-state index in [1.807, 2.05) is 12.1 Å². The largest absolute Gasteiger partial charge is 0.384 e. The van der Waals surface area contributed by atoms with Gasteiger partial charge in [-0.25, -0.2) is 4.72 Å². The van der Waals surface area contributed by atoms with Crippen LogP contribution in [0.1, 0.15) is 18.4 Å². The number of hydrogen-bond acceptors (Lipinski definition) is 4. The van der Waals surface area contributed by atoms with Gasteiger partial charge in [0.2, 0.25) is 0 Å². The number of piperidine rings is 1. The Kier molecular flexibility index (Phi) is 6.10. The van der Waals surface area contributed by atoms with Gasteiger partial charge in [-0.05, 0) is 42.9 Å². The Labute approximate surface area is 126 Å². The van der Waals surface area contributed by atoms with Crippen molar-refractivity contribution in [3.63, 3.8) is 0 Å². The maximum absolute atomic E-state index is 12.3. The molecular weight excluding hydrogens is 290 g/mol. The van der Waals surface area contributed by atoms with Crippen molar-refractivity contribution in [3.8, 4) is 0 Å². The predicted molar refractivity (Wildman–Crippen MR) is 81.0 cm³/mol. The fourth-order valence-electron chi connectivity index (χ4n) is 2.58. The molecule has 1 atom stereocenters. The van der Waals surface area contributed by atoms with Crippen LogP contribution in [0, 0.1) is 5.92 Å². The summed E-state index contributed by atoms with van der Waals surface area (Å²) in [5.74, 6) is 0.292. The van der Waals surface area contributed by atoms with E-state index in [1.165, 1.54) is 4.31 Å². The zero-order chi connectivity index (χ0) is 15.1. The molecule has 2 heterocycles. The summed E-state index contributed by atoms with van der Waals surface area (Å²) in [5, 5.41) is 0. The fourth-order valence-corrected chi connectivity index (χ4v) is 3.90. The highest BCUT2D eigenvalue weighted by Crippen LogP contribution is 2.18. The lowest BCUT2D eigenvalue weighted by atomic mass is 10.0. The Balaban J connectivity index is 1.83. The lowest BCUT2D eigenvalue weighted by molar-refractivity contribution is 0.118. The summed E-state index contributed by atoms with van der Waals surface area (Å²) in [7, 11) is -1.74. The molecule has 0 radical (unpaired) electrons. The van der Waals surface area contributed by atoms with Gasteiger partial charge in [-0.1, -0.05) is 0 Å². The fraction of sp³-hybridized carbons (Fsp3) is 0.643. The van der Waals surface area contributed by atoms with Crippen LogP contribution < -0.4 is 4.72 Å². The van der Waals surface area contributed by atoms with Gasteiger partial charge in [0.25, 0.3) is 10.2 Å². The number of nitrogens with zero attached hydrogens (tertiary/aromatic N) is 2. The molecule has 7 heteroatoms. The van der Waals surface area contributed by atoms with E-state index < -0.39 is 10.2 Å². The minimum absolute atomic E-state index is 0.292.